The van der Waals surface area contributed by atoms with Gasteiger partial charge in [-0.15, -0.1) is 11.3 Å². The third-order valence-corrected chi connectivity index (χ3v) is 10.6. The van der Waals surface area contributed by atoms with Gasteiger partial charge in [0, 0.05) is 36.2 Å². The number of hydrogen-bond donors (Lipinski definition) is 0. The number of nitrogens with zero attached hydrogens (tertiary/aromatic N) is 2. The van der Waals surface area contributed by atoms with Crippen molar-refractivity contribution < 1.29 is 0 Å². The van der Waals surface area contributed by atoms with Crippen LogP contribution in [0.2, 0.25) is 0 Å². The molecule has 2 nitrogen and oxygen atoms in total. The van der Waals surface area contributed by atoms with Crippen LogP contribution in [0, 0.1) is 0 Å². The molecule has 0 atom stereocenters. The van der Waals surface area contributed by atoms with Crippen LogP contribution in [0.1, 0.15) is 11.1 Å². The number of fused-ring (bicyclic) bond motifs is 7. The molecule has 0 aliphatic rings. The van der Waals surface area contributed by atoms with E-state index in [0.717, 1.165) is 44.0 Å². The van der Waals surface area contributed by atoms with E-state index in [2.05, 4.69) is 170 Å². The molecule has 0 unspecified atom stereocenters. The van der Waals surface area contributed by atoms with Crippen LogP contribution in [0.25, 0.3) is 83.3 Å². The molecule has 0 bridgehead atoms. The highest BCUT2D eigenvalue weighted by molar-refractivity contribution is 7.17. The molecule has 0 aliphatic heterocycles. The Kier molecular flexibility index (Phi) is 7.61. The van der Waals surface area contributed by atoms with E-state index in [-0.39, 0.29) is 0 Å². The number of benzene rings is 7. The lowest BCUT2D eigenvalue weighted by molar-refractivity contribution is 1.26. The maximum Gasteiger partial charge on any atom is 0.0979 e. The molecule has 2 aromatic heterocycles. The van der Waals surface area contributed by atoms with E-state index in [1.165, 1.54) is 53.9 Å². The molecule has 0 aliphatic carbocycles. The molecule has 50 heavy (non-hydrogen) atoms. The molecule has 0 saturated heterocycles. The van der Waals surface area contributed by atoms with E-state index in [1.54, 1.807) is 11.3 Å². The molecule has 9 rings (SSSR count). The van der Waals surface area contributed by atoms with Crippen molar-refractivity contribution in [1.82, 2.24) is 9.97 Å². The van der Waals surface area contributed by atoms with Crippen molar-refractivity contribution in [3.05, 3.63) is 185 Å². The van der Waals surface area contributed by atoms with Crippen LogP contribution in [-0.2, 0) is 6.42 Å². The molecule has 0 radical (unpaired) electrons. The zero-order chi connectivity index (χ0) is 33.4. The maximum absolute atomic E-state index is 5.24. The molecule has 0 spiro atoms. The van der Waals surface area contributed by atoms with Gasteiger partial charge in [-0.2, -0.15) is 0 Å². The standard InChI is InChI=1S/C47H32N2S/c1-31-42(43-29-36(25-26-45(43)50-31)34-16-6-3-7-17-34)28-35(33-14-4-2-5-15-33)24-23-32-13-12-18-37(27-32)44-30-48-46-40-21-10-8-19-38(40)39-20-9-11-22-41(39)47(46)49-44/h2-22,24-30H,1,23H2/b35-24+,42-28+. The van der Waals surface area contributed by atoms with Crippen LogP contribution in [0.5, 0.6) is 0 Å². The molecule has 0 N–H and O–H groups in total. The molecule has 0 fully saturated rings. The average molecular weight is 657 g/mol. The summed E-state index contributed by atoms with van der Waals surface area (Å²) in [6, 6.07) is 53.7. The van der Waals surface area contributed by atoms with Crippen LogP contribution in [0.15, 0.2) is 164 Å². The van der Waals surface area contributed by atoms with E-state index >= 15 is 0 Å². The van der Waals surface area contributed by atoms with Gasteiger partial charge < -0.3 is 0 Å². The minimum Gasteiger partial charge on any atom is -0.252 e. The van der Waals surface area contributed by atoms with E-state index in [4.69, 9.17) is 9.97 Å². The minimum atomic E-state index is 0.771. The first kappa shape index (κ1) is 29.9. The fraction of sp³-hybridized carbons (Fsp3) is 0.0213. The van der Waals surface area contributed by atoms with Crippen molar-refractivity contribution >= 4 is 72.2 Å². The minimum absolute atomic E-state index is 0.771. The Morgan fingerprint density at radius 1 is 0.580 bits per heavy atom. The van der Waals surface area contributed by atoms with Gasteiger partial charge in [0.25, 0.3) is 0 Å². The van der Waals surface area contributed by atoms with Crippen LogP contribution < -0.4 is 9.75 Å². The van der Waals surface area contributed by atoms with E-state index in [9.17, 15) is 0 Å². The van der Waals surface area contributed by atoms with Gasteiger partial charge in [0.05, 0.1) is 22.9 Å². The van der Waals surface area contributed by atoms with Gasteiger partial charge in [0.1, 0.15) is 0 Å². The highest BCUT2D eigenvalue weighted by atomic mass is 32.1. The van der Waals surface area contributed by atoms with Crippen molar-refractivity contribution in [3.63, 3.8) is 0 Å². The van der Waals surface area contributed by atoms with Crippen molar-refractivity contribution in [2.45, 2.75) is 6.42 Å². The van der Waals surface area contributed by atoms with Crippen molar-refractivity contribution in [2.24, 2.45) is 0 Å². The van der Waals surface area contributed by atoms with Gasteiger partial charge in [-0.25, -0.2) is 4.98 Å². The number of rotatable bonds is 6. The summed E-state index contributed by atoms with van der Waals surface area (Å²) in [5, 5.41) is 7.07. The fourth-order valence-electron chi connectivity index (χ4n) is 7.03. The molecule has 2 heterocycles. The Hall–Kier alpha value is -6.16. The van der Waals surface area contributed by atoms with Crippen LogP contribution in [0.4, 0.5) is 0 Å². The lowest BCUT2D eigenvalue weighted by atomic mass is 9.98. The largest absolute Gasteiger partial charge is 0.252 e. The fourth-order valence-corrected chi connectivity index (χ4v) is 7.99. The number of hydrogen-bond acceptors (Lipinski definition) is 3. The summed E-state index contributed by atoms with van der Waals surface area (Å²) in [5.41, 5.74) is 9.81. The first-order valence-electron chi connectivity index (χ1n) is 16.9. The Balaban J connectivity index is 1.12. The molecular weight excluding hydrogens is 625 g/mol. The van der Waals surface area contributed by atoms with Crippen LogP contribution in [-0.4, -0.2) is 9.97 Å². The number of allylic oxidation sites excluding steroid dienone is 2. The van der Waals surface area contributed by atoms with Crippen molar-refractivity contribution in [1.29, 1.82) is 0 Å². The molecule has 9 aromatic rings. The summed E-state index contributed by atoms with van der Waals surface area (Å²) in [4.78, 5) is 10.2. The average Bonchev–Trinajstić information content (AvgIpc) is 3.50. The van der Waals surface area contributed by atoms with Gasteiger partial charge in [-0.1, -0.05) is 146 Å². The zero-order valence-electron chi connectivity index (χ0n) is 27.4. The monoisotopic (exact) mass is 656 g/mol. The predicted molar refractivity (Wildman–Crippen MR) is 215 cm³/mol. The van der Waals surface area contributed by atoms with Crippen molar-refractivity contribution in [2.75, 3.05) is 0 Å². The number of thiophene rings is 1. The maximum atomic E-state index is 5.24. The topological polar surface area (TPSA) is 25.8 Å². The Bertz CT molecular complexity index is 2820. The van der Waals surface area contributed by atoms with Crippen LogP contribution >= 0.6 is 11.3 Å². The van der Waals surface area contributed by atoms with Gasteiger partial charge >= 0.3 is 0 Å². The SMILES string of the molecule is C=c1sc2ccc(-c3ccccc3)cc2/c1=C/C(=C\Cc1cccc(-c2cnc3c4ccccc4c4ccccc4c3n2)c1)c1ccccc1. The van der Waals surface area contributed by atoms with Gasteiger partial charge in [-0.3, -0.25) is 4.98 Å². The first-order valence-corrected chi connectivity index (χ1v) is 17.7. The molecule has 0 saturated carbocycles. The third-order valence-electron chi connectivity index (χ3n) is 9.52. The molecule has 236 valence electrons. The zero-order valence-corrected chi connectivity index (χ0v) is 28.2. The normalized spacial score (nSPS) is 12.4. The van der Waals surface area contributed by atoms with Gasteiger partial charge in [0.2, 0.25) is 0 Å². The lowest BCUT2D eigenvalue weighted by Crippen LogP contribution is -2.16. The summed E-state index contributed by atoms with van der Waals surface area (Å²) < 4.78 is 2.32. The van der Waals surface area contributed by atoms with Gasteiger partial charge in [-0.05, 0) is 69.3 Å². The quantitative estimate of drug-likeness (QED) is 0.167. The summed E-state index contributed by atoms with van der Waals surface area (Å²) in [5.74, 6) is 0. The van der Waals surface area contributed by atoms with Gasteiger partial charge in [0.15, 0.2) is 0 Å². The highest BCUT2D eigenvalue weighted by Gasteiger charge is 2.12. The summed E-state index contributed by atoms with van der Waals surface area (Å²) in [7, 11) is 0. The number of aromatic nitrogens is 2. The van der Waals surface area contributed by atoms with E-state index in [0.29, 0.717) is 0 Å². The highest BCUT2D eigenvalue weighted by Crippen LogP contribution is 2.34. The summed E-state index contributed by atoms with van der Waals surface area (Å²) in [6.07, 6.45) is 7.35. The Morgan fingerprint density at radius 2 is 1.24 bits per heavy atom. The predicted octanol–water partition coefficient (Wildman–Crippen LogP) is 11.0. The first-order chi connectivity index (χ1) is 24.7. The molecule has 3 heteroatoms. The summed E-state index contributed by atoms with van der Waals surface area (Å²) >= 11 is 1.75. The second-order valence-corrected chi connectivity index (χ2v) is 13.8. The second kappa shape index (κ2) is 12.7. The van der Waals surface area contributed by atoms with E-state index in [1.807, 2.05) is 6.20 Å². The van der Waals surface area contributed by atoms with Crippen molar-refractivity contribution in [3.8, 4) is 22.4 Å². The molecule has 0 amide bonds. The van der Waals surface area contributed by atoms with E-state index < -0.39 is 0 Å². The van der Waals surface area contributed by atoms with Crippen LogP contribution in [0.3, 0.4) is 0 Å². The molecular formula is C47H32N2S. The third kappa shape index (κ3) is 5.48. The summed E-state index contributed by atoms with van der Waals surface area (Å²) in [6.45, 7) is 4.47. The second-order valence-electron chi connectivity index (χ2n) is 12.6. The smallest absolute Gasteiger partial charge is 0.0979 e. The molecule has 7 aromatic carbocycles. The lowest BCUT2D eigenvalue weighted by Gasteiger charge is -2.11. The Morgan fingerprint density at radius 3 is 2.00 bits per heavy atom. The Labute approximate surface area is 294 Å².